The number of benzene rings is 1. The van der Waals surface area contributed by atoms with E-state index in [9.17, 15) is 4.79 Å². The lowest BCUT2D eigenvalue weighted by Gasteiger charge is -2.39. The second kappa shape index (κ2) is 7.92. The van der Waals surface area contributed by atoms with Gasteiger partial charge in [-0.15, -0.1) is 0 Å². The van der Waals surface area contributed by atoms with Gasteiger partial charge in [-0.2, -0.15) is 0 Å². The fourth-order valence-electron chi connectivity index (χ4n) is 2.97. The van der Waals surface area contributed by atoms with Gasteiger partial charge in [0.25, 0.3) is 0 Å². The quantitative estimate of drug-likeness (QED) is 0.852. The van der Waals surface area contributed by atoms with Gasteiger partial charge in [-0.05, 0) is 24.1 Å². The van der Waals surface area contributed by atoms with Gasteiger partial charge in [0, 0.05) is 43.2 Å². The lowest BCUT2D eigenvalue weighted by molar-refractivity contribution is -0.137. The monoisotopic (exact) mass is 354 g/mol. The zero-order valence-corrected chi connectivity index (χ0v) is 14.1. The van der Waals surface area contributed by atoms with E-state index in [1.54, 1.807) is 0 Å². The van der Waals surface area contributed by atoms with Crippen molar-refractivity contribution in [3.05, 3.63) is 34.3 Å². The average Bonchev–Trinajstić information content (AvgIpc) is 2.47. The summed E-state index contributed by atoms with van der Waals surface area (Å²) in [6.07, 6.45) is 1.33. The molecule has 21 heavy (non-hydrogen) atoms. The number of carboxylic acid groups (broad SMARTS) is 1. The summed E-state index contributed by atoms with van der Waals surface area (Å²) in [5.74, 6) is -0.710. The summed E-state index contributed by atoms with van der Waals surface area (Å²) in [5, 5.41) is 8.76. The minimum atomic E-state index is -0.710. The molecule has 1 aromatic rings. The normalized spacial score (nSPS) is 18.6. The highest BCUT2D eigenvalue weighted by Crippen LogP contribution is 2.27. The van der Waals surface area contributed by atoms with Gasteiger partial charge in [0.2, 0.25) is 0 Å². The van der Waals surface area contributed by atoms with Gasteiger partial charge in [-0.1, -0.05) is 35.0 Å². The molecule has 116 valence electrons. The molecule has 0 spiro atoms. The molecule has 1 N–H and O–H groups in total. The van der Waals surface area contributed by atoms with Crippen molar-refractivity contribution in [2.24, 2.45) is 0 Å². The Labute approximate surface area is 134 Å². The molecule has 5 heteroatoms. The van der Waals surface area contributed by atoms with Crippen LogP contribution in [0, 0.1) is 0 Å². The molecule has 4 nitrogen and oxygen atoms in total. The Morgan fingerprint density at radius 2 is 2.05 bits per heavy atom. The van der Waals surface area contributed by atoms with Gasteiger partial charge in [0.15, 0.2) is 0 Å². The van der Waals surface area contributed by atoms with Gasteiger partial charge in [0.05, 0.1) is 6.42 Å². The molecule has 1 aliphatic heterocycles. The molecule has 0 aliphatic carbocycles. The van der Waals surface area contributed by atoms with Gasteiger partial charge in [-0.3, -0.25) is 9.69 Å². The van der Waals surface area contributed by atoms with E-state index >= 15 is 0 Å². The Hall–Kier alpha value is -0.910. The number of hydrogen-bond donors (Lipinski definition) is 1. The van der Waals surface area contributed by atoms with Crippen LogP contribution in [0.4, 0.5) is 0 Å². The molecule has 0 amide bonds. The zero-order valence-electron chi connectivity index (χ0n) is 12.5. The Balaban J connectivity index is 1.92. The number of aliphatic carboxylic acids is 1. The molecule has 0 aromatic heterocycles. The van der Waals surface area contributed by atoms with Crippen molar-refractivity contribution in [2.75, 3.05) is 32.7 Å². The number of carbonyl (C=O) groups is 1. The van der Waals surface area contributed by atoms with Crippen LogP contribution in [0.1, 0.15) is 31.4 Å². The van der Waals surface area contributed by atoms with E-state index in [4.69, 9.17) is 5.11 Å². The number of nitrogens with zero attached hydrogens (tertiary/aromatic N) is 2. The van der Waals surface area contributed by atoms with E-state index in [2.05, 4.69) is 56.9 Å². The van der Waals surface area contributed by atoms with Gasteiger partial charge in [0.1, 0.15) is 0 Å². The molecule has 1 saturated heterocycles. The third kappa shape index (κ3) is 4.80. The number of halogens is 1. The molecule has 1 aliphatic rings. The van der Waals surface area contributed by atoms with E-state index < -0.39 is 5.97 Å². The highest BCUT2D eigenvalue weighted by Gasteiger charge is 2.24. The molecular formula is C16H23BrN2O2. The molecule has 0 radical (unpaired) electrons. The minimum absolute atomic E-state index is 0.239. The minimum Gasteiger partial charge on any atom is -0.481 e. The Kier molecular flexibility index (Phi) is 6.21. The fourth-order valence-corrected chi connectivity index (χ4v) is 3.39. The topological polar surface area (TPSA) is 43.8 Å². The van der Waals surface area contributed by atoms with Crippen LogP contribution in [0.2, 0.25) is 0 Å². The van der Waals surface area contributed by atoms with Crippen LogP contribution in [0.5, 0.6) is 0 Å². The van der Waals surface area contributed by atoms with Crippen LogP contribution in [-0.2, 0) is 4.79 Å². The first-order valence-corrected chi connectivity index (χ1v) is 8.33. The van der Waals surface area contributed by atoms with E-state index in [0.29, 0.717) is 12.6 Å². The maximum atomic E-state index is 10.6. The maximum absolute atomic E-state index is 10.6. The molecule has 2 rings (SSSR count). The Morgan fingerprint density at radius 1 is 1.33 bits per heavy atom. The highest BCUT2D eigenvalue weighted by molar-refractivity contribution is 9.10. The van der Waals surface area contributed by atoms with Gasteiger partial charge in [-0.25, -0.2) is 0 Å². The summed E-state index contributed by atoms with van der Waals surface area (Å²) in [7, 11) is 0. The predicted molar refractivity (Wildman–Crippen MR) is 87.4 cm³/mol. The molecule has 1 heterocycles. The number of rotatable bonds is 6. The van der Waals surface area contributed by atoms with Crippen molar-refractivity contribution in [1.29, 1.82) is 0 Å². The lowest BCUT2D eigenvalue weighted by Crippen LogP contribution is -2.47. The molecule has 0 bridgehead atoms. The van der Waals surface area contributed by atoms with Gasteiger partial charge < -0.3 is 10.0 Å². The number of piperazine rings is 1. The first kappa shape index (κ1) is 16.5. The van der Waals surface area contributed by atoms with Gasteiger partial charge >= 0.3 is 5.97 Å². The van der Waals surface area contributed by atoms with Crippen molar-refractivity contribution in [3.63, 3.8) is 0 Å². The first-order chi connectivity index (χ1) is 10.1. The lowest BCUT2D eigenvalue weighted by atomic mass is 10.0. The Morgan fingerprint density at radius 3 is 2.62 bits per heavy atom. The van der Waals surface area contributed by atoms with E-state index in [0.717, 1.165) is 37.1 Å². The van der Waals surface area contributed by atoms with E-state index in [1.807, 2.05) is 0 Å². The maximum Gasteiger partial charge on any atom is 0.304 e. The second-order valence-electron chi connectivity index (χ2n) is 5.50. The number of carboxylic acids is 1. The molecule has 0 saturated carbocycles. The van der Waals surface area contributed by atoms with Crippen molar-refractivity contribution in [1.82, 2.24) is 9.80 Å². The third-order valence-electron chi connectivity index (χ3n) is 4.11. The van der Waals surface area contributed by atoms with Crippen molar-refractivity contribution >= 4 is 21.9 Å². The molecule has 1 aromatic carbocycles. The van der Waals surface area contributed by atoms with E-state index in [-0.39, 0.29) is 6.42 Å². The molecule has 1 fully saturated rings. The van der Waals surface area contributed by atoms with Crippen LogP contribution < -0.4 is 0 Å². The van der Waals surface area contributed by atoms with Crippen LogP contribution in [0.15, 0.2) is 28.7 Å². The van der Waals surface area contributed by atoms with Crippen molar-refractivity contribution in [2.45, 2.75) is 25.8 Å². The summed E-state index contributed by atoms with van der Waals surface area (Å²) >= 11 is 3.54. The summed E-state index contributed by atoms with van der Waals surface area (Å²) in [6.45, 7) is 6.81. The molecular weight excluding hydrogens is 332 g/mol. The average molecular weight is 355 g/mol. The van der Waals surface area contributed by atoms with Crippen LogP contribution in [-0.4, -0.2) is 53.6 Å². The highest BCUT2D eigenvalue weighted by atomic mass is 79.9. The van der Waals surface area contributed by atoms with E-state index in [1.165, 1.54) is 5.56 Å². The second-order valence-corrected chi connectivity index (χ2v) is 6.42. The first-order valence-electron chi connectivity index (χ1n) is 7.54. The number of hydrogen-bond acceptors (Lipinski definition) is 3. The third-order valence-corrected chi connectivity index (χ3v) is 4.60. The standard InChI is InChI=1S/C16H23BrN2O2/c1-2-15(13-4-3-5-14(17)12-13)19-10-8-18(9-11-19)7-6-16(20)21/h3-5,12,15H,2,6-11H2,1H3,(H,20,21). The largest absolute Gasteiger partial charge is 0.481 e. The Bertz CT molecular complexity index is 473. The predicted octanol–water partition coefficient (Wildman–Crippen LogP) is 2.99. The zero-order chi connectivity index (χ0) is 15.2. The van der Waals surface area contributed by atoms with Crippen LogP contribution in [0.25, 0.3) is 0 Å². The molecule has 1 unspecified atom stereocenters. The van der Waals surface area contributed by atoms with Crippen molar-refractivity contribution in [3.8, 4) is 0 Å². The fraction of sp³-hybridized carbons (Fsp3) is 0.562. The summed E-state index contributed by atoms with van der Waals surface area (Å²) in [5.41, 5.74) is 1.35. The van der Waals surface area contributed by atoms with Crippen molar-refractivity contribution < 1.29 is 9.90 Å². The van der Waals surface area contributed by atoms with Crippen LogP contribution >= 0.6 is 15.9 Å². The SMILES string of the molecule is CCC(c1cccc(Br)c1)N1CCN(CCC(=O)O)CC1. The van der Waals surface area contributed by atoms with Crippen LogP contribution in [0.3, 0.4) is 0 Å². The summed E-state index contributed by atoms with van der Waals surface area (Å²) < 4.78 is 1.12. The summed E-state index contributed by atoms with van der Waals surface area (Å²) in [6, 6.07) is 8.98. The molecule has 1 atom stereocenters. The smallest absolute Gasteiger partial charge is 0.304 e. The summed E-state index contributed by atoms with van der Waals surface area (Å²) in [4.78, 5) is 15.4.